The number of ether oxygens (including phenoxy) is 1. The standard InChI is InChI=1S/C22H22N4O3S/c1-14-18(23-21(29-14)20-4-3-11-30-20)13-25-9-10-26-19(22(25)27)12-17(24-26)15-5-7-16(28-2)8-6-15/h3-11,17,19,24H,12-13H2,1-2H3. The second kappa shape index (κ2) is 7.62. The highest BCUT2D eigenvalue weighted by Gasteiger charge is 2.40. The van der Waals surface area contributed by atoms with Crippen molar-refractivity contribution in [1.29, 1.82) is 0 Å². The molecule has 3 aromatic rings. The lowest BCUT2D eigenvalue weighted by atomic mass is 10.0. The molecular weight excluding hydrogens is 400 g/mol. The molecule has 30 heavy (non-hydrogen) atoms. The molecule has 154 valence electrons. The molecule has 2 unspecified atom stereocenters. The van der Waals surface area contributed by atoms with E-state index in [1.165, 1.54) is 0 Å². The van der Waals surface area contributed by atoms with Gasteiger partial charge in [-0.2, -0.15) is 0 Å². The van der Waals surface area contributed by atoms with Gasteiger partial charge in [0.2, 0.25) is 5.89 Å². The first-order valence-corrected chi connectivity index (χ1v) is 10.7. The number of oxazole rings is 1. The van der Waals surface area contributed by atoms with E-state index in [9.17, 15) is 4.79 Å². The summed E-state index contributed by atoms with van der Waals surface area (Å²) in [6.45, 7) is 2.29. The number of rotatable bonds is 5. The van der Waals surface area contributed by atoms with Crippen LogP contribution in [0.3, 0.4) is 0 Å². The molecule has 1 fully saturated rings. The van der Waals surface area contributed by atoms with Crippen molar-refractivity contribution in [2.75, 3.05) is 7.11 Å². The third-order valence-corrected chi connectivity index (χ3v) is 6.40. The van der Waals surface area contributed by atoms with Gasteiger partial charge in [-0.15, -0.1) is 11.3 Å². The lowest BCUT2D eigenvalue weighted by molar-refractivity contribution is -0.135. The number of carbonyl (C=O) groups excluding carboxylic acids is 1. The zero-order chi connectivity index (χ0) is 20.7. The van der Waals surface area contributed by atoms with Gasteiger partial charge in [0.1, 0.15) is 23.2 Å². The fourth-order valence-corrected chi connectivity index (χ4v) is 4.51. The molecule has 1 aromatic carbocycles. The van der Waals surface area contributed by atoms with Crippen LogP contribution in [0.15, 0.2) is 58.6 Å². The van der Waals surface area contributed by atoms with Crippen molar-refractivity contribution in [1.82, 2.24) is 20.3 Å². The van der Waals surface area contributed by atoms with E-state index in [0.717, 1.165) is 27.6 Å². The fraction of sp³-hybridized carbons (Fsp3) is 0.273. The number of hydrazine groups is 1. The minimum atomic E-state index is -0.244. The van der Waals surface area contributed by atoms with Gasteiger partial charge in [0.05, 0.1) is 24.6 Å². The topological polar surface area (TPSA) is 70.8 Å². The van der Waals surface area contributed by atoms with Crippen molar-refractivity contribution in [3.63, 3.8) is 0 Å². The summed E-state index contributed by atoms with van der Waals surface area (Å²) in [7, 11) is 1.65. The van der Waals surface area contributed by atoms with Crippen LogP contribution < -0.4 is 10.2 Å². The highest BCUT2D eigenvalue weighted by atomic mass is 32.1. The number of aromatic nitrogens is 1. The second-order valence-corrected chi connectivity index (χ2v) is 8.32. The van der Waals surface area contributed by atoms with Crippen LogP contribution in [0.25, 0.3) is 10.8 Å². The molecule has 0 saturated carbocycles. The number of nitrogens with zero attached hydrogens (tertiary/aromatic N) is 3. The number of nitrogens with one attached hydrogen (secondary N) is 1. The van der Waals surface area contributed by atoms with Crippen LogP contribution in [0.4, 0.5) is 0 Å². The molecule has 1 saturated heterocycles. The Kier molecular flexibility index (Phi) is 4.80. The Morgan fingerprint density at radius 1 is 1.27 bits per heavy atom. The Labute approximate surface area is 178 Å². The van der Waals surface area contributed by atoms with Gasteiger partial charge in [-0.25, -0.2) is 10.4 Å². The summed E-state index contributed by atoms with van der Waals surface area (Å²) in [5.41, 5.74) is 5.33. The molecule has 0 bridgehead atoms. The first kappa shape index (κ1) is 18.9. The van der Waals surface area contributed by atoms with Gasteiger partial charge in [-0.3, -0.25) is 4.79 Å². The van der Waals surface area contributed by atoms with Crippen molar-refractivity contribution in [3.8, 4) is 16.5 Å². The molecule has 0 spiro atoms. The molecule has 1 amide bonds. The van der Waals surface area contributed by atoms with Gasteiger partial charge in [0.25, 0.3) is 5.91 Å². The highest BCUT2D eigenvalue weighted by molar-refractivity contribution is 7.13. The summed E-state index contributed by atoms with van der Waals surface area (Å²) in [5.74, 6) is 2.22. The number of hydrogen-bond donors (Lipinski definition) is 1. The Morgan fingerprint density at radius 3 is 2.83 bits per heavy atom. The van der Waals surface area contributed by atoms with Gasteiger partial charge in [-0.05, 0) is 42.5 Å². The van der Waals surface area contributed by atoms with E-state index < -0.39 is 0 Å². The average Bonchev–Trinajstić information content (AvgIpc) is 3.50. The molecule has 2 atom stereocenters. The fourth-order valence-electron chi connectivity index (χ4n) is 3.86. The number of benzene rings is 1. The van der Waals surface area contributed by atoms with E-state index in [0.29, 0.717) is 18.9 Å². The van der Waals surface area contributed by atoms with Gasteiger partial charge in [0, 0.05) is 12.4 Å². The zero-order valence-electron chi connectivity index (χ0n) is 16.7. The van der Waals surface area contributed by atoms with Crippen LogP contribution >= 0.6 is 11.3 Å². The summed E-state index contributed by atoms with van der Waals surface area (Å²) in [4.78, 5) is 20.5. The van der Waals surface area contributed by atoms with E-state index in [1.54, 1.807) is 29.5 Å². The third-order valence-electron chi connectivity index (χ3n) is 5.54. The maximum absolute atomic E-state index is 13.2. The van der Waals surface area contributed by atoms with E-state index in [2.05, 4.69) is 10.4 Å². The zero-order valence-corrected chi connectivity index (χ0v) is 17.6. The van der Waals surface area contributed by atoms with Crippen LogP contribution in [-0.2, 0) is 11.3 Å². The SMILES string of the molecule is COc1ccc(C2CC3C(=O)N(Cc4nc(-c5cccs5)oc4C)C=CN3N2)cc1. The molecular formula is C22H22N4O3S. The first-order chi connectivity index (χ1) is 14.6. The Balaban J connectivity index is 1.30. The predicted molar refractivity (Wildman–Crippen MR) is 113 cm³/mol. The van der Waals surface area contributed by atoms with Gasteiger partial charge in [0.15, 0.2) is 0 Å². The summed E-state index contributed by atoms with van der Waals surface area (Å²) in [5, 5.41) is 3.90. The Bertz CT molecular complexity index is 1070. The summed E-state index contributed by atoms with van der Waals surface area (Å²) in [6, 6.07) is 11.7. The van der Waals surface area contributed by atoms with Crippen molar-refractivity contribution >= 4 is 17.2 Å². The lowest BCUT2D eigenvalue weighted by Gasteiger charge is -2.31. The highest BCUT2D eigenvalue weighted by Crippen LogP contribution is 2.32. The molecule has 0 radical (unpaired) electrons. The minimum absolute atomic E-state index is 0.0566. The first-order valence-electron chi connectivity index (χ1n) is 9.80. The van der Waals surface area contributed by atoms with Gasteiger partial charge < -0.3 is 19.1 Å². The normalized spacial score (nSPS) is 20.7. The van der Waals surface area contributed by atoms with Crippen molar-refractivity contribution in [2.24, 2.45) is 0 Å². The second-order valence-electron chi connectivity index (χ2n) is 7.38. The lowest BCUT2D eigenvalue weighted by Crippen LogP contribution is -2.47. The maximum atomic E-state index is 13.2. The maximum Gasteiger partial charge on any atom is 0.251 e. The van der Waals surface area contributed by atoms with Crippen molar-refractivity contribution in [2.45, 2.75) is 32.0 Å². The molecule has 0 aliphatic carbocycles. The Hall–Kier alpha value is -3.10. The molecule has 2 aliphatic heterocycles. The summed E-state index contributed by atoms with van der Waals surface area (Å²) < 4.78 is 11.1. The molecule has 5 rings (SSSR count). The monoisotopic (exact) mass is 422 g/mol. The van der Waals surface area contributed by atoms with Crippen LogP contribution in [0.5, 0.6) is 5.75 Å². The van der Waals surface area contributed by atoms with Crippen LogP contribution in [0.1, 0.15) is 29.5 Å². The number of thiophene rings is 1. The van der Waals surface area contributed by atoms with E-state index in [4.69, 9.17) is 9.15 Å². The molecule has 1 N–H and O–H groups in total. The number of fused-ring (bicyclic) bond motifs is 1. The summed E-state index contributed by atoms with van der Waals surface area (Å²) >= 11 is 1.58. The number of methoxy groups -OCH3 is 1. The van der Waals surface area contributed by atoms with Gasteiger partial charge in [-0.1, -0.05) is 18.2 Å². The summed E-state index contributed by atoms with van der Waals surface area (Å²) in [6.07, 6.45) is 4.43. The van der Waals surface area contributed by atoms with Crippen molar-refractivity contribution < 1.29 is 13.9 Å². The third kappa shape index (κ3) is 3.38. The largest absolute Gasteiger partial charge is 0.497 e. The number of carbonyl (C=O) groups is 1. The molecule has 7 nitrogen and oxygen atoms in total. The van der Waals surface area contributed by atoms with E-state index >= 15 is 0 Å². The molecule has 2 aliphatic rings. The smallest absolute Gasteiger partial charge is 0.251 e. The number of aryl methyl sites for hydroxylation is 1. The molecule has 8 heteroatoms. The van der Waals surface area contributed by atoms with Crippen LogP contribution in [0.2, 0.25) is 0 Å². The van der Waals surface area contributed by atoms with Gasteiger partial charge >= 0.3 is 0 Å². The Morgan fingerprint density at radius 2 is 2.10 bits per heavy atom. The molecule has 4 heterocycles. The van der Waals surface area contributed by atoms with Crippen LogP contribution in [0, 0.1) is 6.92 Å². The van der Waals surface area contributed by atoms with Crippen molar-refractivity contribution in [3.05, 3.63) is 71.2 Å². The number of hydrogen-bond acceptors (Lipinski definition) is 7. The average molecular weight is 423 g/mol. The van der Waals surface area contributed by atoms with E-state index in [1.807, 2.05) is 59.9 Å². The predicted octanol–water partition coefficient (Wildman–Crippen LogP) is 3.85. The quantitative estimate of drug-likeness (QED) is 0.673. The van der Waals surface area contributed by atoms with E-state index in [-0.39, 0.29) is 18.0 Å². The minimum Gasteiger partial charge on any atom is -0.497 e. The van der Waals surface area contributed by atoms with Crippen LogP contribution in [-0.4, -0.2) is 34.0 Å². The molecule has 2 aromatic heterocycles. The number of amides is 1.